The summed E-state index contributed by atoms with van der Waals surface area (Å²) in [5, 5.41) is 3.89. The molecule has 3 rings (SSSR count). The van der Waals surface area contributed by atoms with Crippen molar-refractivity contribution in [1.29, 1.82) is 0 Å². The molecule has 0 bridgehead atoms. The van der Waals surface area contributed by atoms with Gasteiger partial charge in [-0.1, -0.05) is 13.8 Å². The molecule has 0 radical (unpaired) electrons. The van der Waals surface area contributed by atoms with Crippen molar-refractivity contribution in [2.75, 3.05) is 13.7 Å². The third kappa shape index (κ3) is 3.34. The van der Waals surface area contributed by atoms with E-state index >= 15 is 0 Å². The number of hydrogen-bond donors (Lipinski definition) is 1. The molecule has 0 aromatic heterocycles. The molecule has 0 spiro atoms. The summed E-state index contributed by atoms with van der Waals surface area (Å²) in [6, 6.07) is 7.17. The van der Waals surface area contributed by atoms with Gasteiger partial charge in [0.05, 0.1) is 13.7 Å². The minimum absolute atomic E-state index is 0.395. The lowest BCUT2D eigenvalue weighted by molar-refractivity contribution is 0.196. The summed E-state index contributed by atoms with van der Waals surface area (Å²) in [5.74, 6) is 3.58. The van der Waals surface area contributed by atoms with Crippen LogP contribution in [-0.2, 0) is 0 Å². The van der Waals surface area contributed by atoms with Gasteiger partial charge in [-0.3, -0.25) is 0 Å². The molecular formula is C18H27NO2. The van der Waals surface area contributed by atoms with Gasteiger partial charge in [0.2, 0.25) is 0 Å². The fraction of sp³-hybridized carbons (Fsp3) is 0.667. The lowest BCUT2D eigenvalue weighted by Crippen LogP contribution is -2.40. The minimum atomic E-state index is 0.395. The van der Waals surface area contributed by atoms with Crippen LogP contribution in [-0.4, -0.2) is 19.8 Å². The Labute approximate surface area is 128 Å². The summed E-state index contributed by atoms with van der Waals surface area (Å²) in [5.41, 5.74) is 1.26. The quantitative estimate of drug-likeness (QED) is 0.914. The summed E-state index contributed by atoms with van der Waals surface area (Å²) in [7, 11) is 1.72. The van der Waals surface area contributed by atoms with Gasteiger partial charge >= 0.3 is 0 Å². The highest BCUT2D eigenvalue weighted by molar-refractivity contribution is 5.43. The fourth-order valence-corrected chi connectivity index (χ4v) is 4.04. The molecule has 1 aliphatic heterocycles. The predicted molar refractivity (Wildman–Crippen MR) is 84.9 cm³/mol. The largest absolute Gasteiger partial charge is 0.497 e. The molecule has 0 saturated heterocycles. The van der Waals surface area contributed by atoms with Crippen molar-refractivity contribution in [2.24, 2.45) is 11.8 Å². The van der Waals surface area contributed by atoms with Crippen molar-refractivity contribution in [3.8, 4) is 11.5 Å². The molecule has 2 aliphatic rings. The van der Waals surface area contributed by atoms with E-state index in [4.69, 9.17) is 9.47 Å². The van der Waals surface area contributed by atoms with Crippen molar-refractivity contribution in [2.45, 2.75) is 51.6 Å². The van der Waals surface area contributed by atoms with Crippen LogP contribution >= 0.6 is 0 Å². The molecule has 116 valence electrons. The molecule has 1 fully saturated rings. The van der Waals surface area contributed by atoms with E-state index in [-0.39, 0.29) is 0 Å². The summed E-state index contributed by atoms with van der Waals surface area (Å²) >= 11 is 0. The Bertz CT molecular complexity index is 478. The SMILES string of the molecule is COc1ccc2c(c1)C(NC1CC(C)CC(C)C1)CCO2. The number of ether oxygens (including phenoxy) is 2. The standard InChI is InChI=1S/C18H27NO2/c1-12-8-13(2)10-14(9-12)19-17-6-7-21-18-5-4-15(20-3)11-16(17)18/h4-5,11-14,17,19H,6-10H2,1-3H3. The van der Waals surface area contributed by atoms with Crippen LogP contribution in [0.5, 0.6) is 11.5 Å². The second kappa shape index (κ2) is 6.27. The predicted octanol–water partition coefficient (Wildman–Crippen LogP) is 3.93. The number of benzene rings is 1. The van der Waals surface area contributed by atoms with Crippen LogP contribution in [0.3, 0.4) is 0 Å². The van der Waals surface area contributed by atoms with Crippen molar-refractivity contribution in [1.82, 2.24) is 5.32 Å². The smallest absolute Gasteiger partial charge is 0.124 e. The van der Waals surface area contributed by atoms with E-state index in [9.17, 15) is 0 Å². The summed E-state index contributed by atoms with van der Waals surface area (Å²) in [6.45, 7) is 5.56. The molecule has 1 aliphatic carbocycles. The average Bonchev–Trinajstić information content (AvgIpc) is 2.46. The molecule has 3 atom stereocenters. The van der Waals surface area contributed by atoms with E-state index in [0.29, 0.717) is 12.1 Å². The van der Waals surface area contributed by atoms with E-state index in [0.717, 1.165) is 36.4 Å². The Morgan fingerprint density at radius 1 is 1.14 bits per heavy atom. The number of hydrogen-bond acceptors (Lipinski definition) is 3. The summed E-state index contributed by atoms with van der Waals surface area (Å²) in [4.78, 5) is 0. The zero-order valence-electron chi connectivity index (χ0n) is 13.4. The van der Waals surface area contributed by atoms with Crippen molar-refractivity contribution in [3.05, 3.63) is 23.8 Å². The van der Waals surface area contributed by atoms with E-state index < -0.39 is 0 Å². The molecule has 1 aromatic carbocycles. The van der Waals surface area contributed by atoms with Gasteiger partial charge in [-0.2, -0.15) is 0 Å². The molecule has 1 heterocycles. The highest BCUT2D eigenvalue weighted by atomic mass is 16.5. The molecular weight excluding hydrogens is 262 g/mol. The molecule has 3 heteroatoms. The summed E-state index contributed by atoms with van der Waals surface area (Å²) in [6.07, 6.45) is 5.00. The van der Waals surface area contributed by atoms with Crippen molar-refractivity contribution < 1.29 is 9.47 Å². The fourth-order valence-electron chi connectivity index (χ4n) is 4.04. The normalized spacial score (nSPS) is 32.1. The van der Waals surface area contributed by atoms with Gasteiger partial charge in [-0.05, 0) is 49.3 Å². The van der Waals surface area contributed by atoms with Gasteiger partial charge in [0.15, 0.2) is 0 Å². The Balaban J connectivity index is 1.75. The lowest BCUT2D eigenvalue weighted by Gasteiger charge is -2.36. The molecule has 21 heavy (non-hydrogen) atoms. The van der Waals surface area contributed by atoms with Crippen LogP contribution < -0.4 is 14.8 Å². The van der Waals surface area contributed by atoms with Gasteiger partial charge in [0, 0.05) is 24.1 Å². The van der Waals surface area contributed by atoms with Gasteiger partial charge in [0.1, 0.15) is 11.5 Å². The maximum absolute atomic E-state index is 5.79. The van der Waals surface area contributed by atoms with E-state index in [2.05, 4.69) is 25.2 Å². The van der Waals surface area contributed by atoms with E-state index in [1.54, 1.807) is 7.11 Å². The van der Waals surface area contributed by atoms with E-state index in [1.165, 1.54) is 24.8 Å². The highest BCUT2D eigenvalue weighted by Gasteiger charge is 2.29. The first-order chi connectivity index (χ1) is 10.2. The number of nitrogens with one attached hydrogen (secondary N) is 1. The minimum Gasteiger partial charge on any atom is -0.497 e. The first-order valence-corrected chi connectivity index (χ1v) is 8.22. The first-order valence-electron chi connectivity index (χ1n) is 8.22. The second-order valence-electron chi connectivity index (χ2n) is 6.87. The monoisotopic (exact) mass is 289 g/mol. The second-order valence-corrected chi connectivity index (χ2v) is 6.87. The van der Waals surface area contributed by atoms with Crippen LogP contribution in [0.1, 0.15) is 51.1 Å². The van der Waals surface area contributed by atoms with Gasteiger partial charge in [-0.15, -0.1) is 0 Å². The van der Waals surface area contributed by atoms with Crippen LogP contribution in [0.25, 0.3) is 0 Å². The maximum atomic E-state index is 5.79. The number of rotatable bonds is 3. The zero-order chi connectivity index (χ0) is 14.8. The molecule has 1 saturated carbocycles. The Morgan fingerprint density at radius 3 is 2.62 bits per heavy atom. The topological polar surface area (TPSA) is 30.5 Å². The summed E-state index contributed by atoms with van der Waals surface area (Å²) < 4.78 is 11.2. The third-order valence-corrected chi connectivity index (χ3v) is 4.87. The lowest BCUT2D eigenvalue weighted by atomic mass is 9.80. The Hall–Kier alpha value is -1.22. The van der Waals surface area contributed by atoms with Crippen LogP contribution in [0.2, 0.25) is 0 Å². The van der Waals surface area contributed by atoms with Crippen LogP contribution in [0.4, 0.5) is 0 Å². The molecule has 1 N–H and O–H groups in total. The average molecular weight is 289 g/mol. The highest BCUT2D eigenvalue weighted by Crippen LogP contribution is 2.37. The van der Waals surface area contributed by atoms with Crippen LogP contribution in [0.15, 0.2) is 18.2 Å². The van der Waals surface area contributed by atoms with Gasteiger partial charge < -0.3 is 14.8 Å². The molecule has 0 amide bonds. The van der Waals surface area contributed by atoms with Crippen molar-refractivity contribution >= 4 is 0 Å². The van der Waals surface area contributed by atoms with Gasteiger partial charge in [-0.25, -0.2) is 0 Å². The molecule has 1 aromatic rings. The first kappa shape index (κ1) is 14.7. The third-order valence-electron chi connectivity index (χ3n) is 4.87. The Kier molecular flexibility index (Phi) is 4.39. The van der Waals surface area contributed by atoms with Gasteiger partial charge in [0.25, 0.3) is 0 Å². The van der Waals surface area contributed by atoms with Crippen molar-refractivity contribution in [3.63, 3.8) is 0 Å². The maximum Gasteiger partial charge on any atom is 0.124 e. The van der Waals surface area contributed by atoms with E-state index in [1.807, 2.05) is 12.1 Å². The number of fused-ring (bicyclic) bond motifs is 1. The zero-order valence-corrected chi connectivity index (χ0v) is 13.4. The molecule has 3 unspecified atom stereocenters. The molecule has 3 nitrogen and oxygen atoms in total. The van der Waals surface area contributed by atoms with Crippen LogP contribution in [0, 0.1) is 11.8 Å². The number of methoxy groups -OCH3 is 1. The Morgan fingerprint density at radius 2 is 1.90 bits per heavy atom.